The average Bonchev–Trinajstić information content (AvgIpc) is 2.03. The van der Waals surface area contributed by atoms with Crippen LogP contribution in [0.1, 0.15) is 11.6 Å². The Hall–Kier alpha value is -1.20. The monoisotopic (exact) mass is 223 g/mol. The molecule has 0 heterocycles. The van der Waals surface area contributed by atoms with Crippen LogP contribution < -0.4 is 5.73 Å². The van der Waals surface area contributed by atoms with Gasteiger partial charge in [-0.1, -0.05) is 6.07 Å². The van der Waals surface area contributed by atoms with Gasteiger partial charge in [0.25, 0.3) is 0 Å². The molecule has 0 aromatic heterocycles. The fourth-order valence-corrected chi connectivity index (χ4v) is 0.887. The van der Waals surface area contributed by atoms with Crippen LogP contribution in [0.15, 0.2) is 18.2 Å². The van der Waals surface area contributed by atoms with E-state index in [1.807, 2.05) is 0 Å². The maximum absolute atomic E-state index is 12.9. The van der Waals surface area contributed by atoms with Crippen molar-refractivity contribution in [3.05, 3.63) is 35.4 Å². The summed E-state index contributed by atoms with van der Waals surface area (Å²) < 4.78 is 25.3. The molecule has 3 N–H and O–H groups in total. The van der Waals surface area contributed by atoms with Crippen molar-refractivity contribution in [1.29, 1.82) is 0 Å². The van der Waals surface area contributed by atoms with Crippen LogP contribution in [0.25, 0.3) is 0 Å². The molecule has 0 aliphatic carbocycles. The average molecular weight is 224 g/mol. The Balaban J connectivity index is 0.00000169. The van der Waals surface area contributed by atoms with E-state index < -0.39 is 23.6 Å². The van der Waals surface area contributed by atoms with Gasteiger partial charge in [0.2, 0.25) is 0 Å². The van der Waals surface area contributed by atoms with Crippen LogP contribution in [0.4, 0.5) is 8.78 Å². The van der Waals surface area contributed by atoms with Gasteiger partial charge >= 0.3 is 5.97 Å². The quantitative estimate of drug-likeness (QED) is 0.798. The molecule has 1 aromatic carbocycles. The fraction of sp³-hybridized carbons (Fsp3) is 0.125. The van der Waals surface area contributed by atoms with Crippen LogP contribution >= 0.6 is 12.4 Å². The standard InChI is InChI=1S/C8H7F2NO2.ClH/c9-4-1-2-5(6(10)3-4)7(11)8(12)13;/h1-3,7H,11H2,(H,12,13);1H/t7-;/m1./s1. The van der Waals surface area contributed by atoms with Crippen molar-refractivity contribution in [1.82, 2.24) is 0 Å². The second-order valence-electron chi connectivity index (χ2n) is 2.48. The van der Waals surface area contributed by atoms with E-state index in [0.717, 1.165) is 12.1 Å². The molecule has 1 atom stereocenters. The van der Waals surface area contributed by atoms with Gasteiger partial charge in [0.1, 0.15) is 17.7 Å². The summed E-state index contributed by atoms with van der Waals surface area (Å²) in [6, 6.07) is 1.11. The van der Waals surface area contributed by atoms with Gasteiger partial charge in [-0.3, -0.25) is 4.79 Å². The topological polar surface area (TPSA) is 63.3 Å². The highest BCUT2D eigenvalue weighted by Crippen LogP contribution is 2.15. The van der Waals surface area contributed by atoms with Crippen molar-refractivity contribution >= 4 is 18.4 Å². The first kappa shape index (κ1) is 12.8. The Morgan fingerprint density at radius 1 is 1.43 bits per heavy atom. The normalized spacial score (nSPS) is 11.6. The van der Waals surface area contributed by atoms with Crippen molar-refractivity contribution < 1.29 is 18.7 Å². The Bertz CT molecular complexity index is 346. The summed E-state index contributed by atoms with van der Waals surface area (Å²) in [4.78, 5) is 10.4. The summed E-state index contributed by atoms with van der Waals surface area (Å²) in [6.45, 7) is 0. The summed E-state index contributed by atoms with van der Waals surface area (Å²) in [5, 5.41) is 8.44. The summed E-state index contributed by atoms with van der Waals surface area (Å²) in [5.41, 5.74) is 4.90. The maximum Gasteiger partial charge on any atom is 0.325 e. The van der Waals surface area contributed by atoms with E-state index in [1.54, 1.807) is 0 Å². The molecule has 0 saturated heterocycles. The van der Waals surface area contributed by atoms with E-state index in [4.69, 9.17) is 10.8 Å². The zero-order valence-corrected chi connectivity index (χ0v) is 7.72. The smallest absolute Gasteiger partial charge is 0.325 e. The zero-order chi connectivity index (χ0) is 10.0. The minimum absolute atomic E-state index is 0. The molecule has 1 aromatic rings. The minimum atomic E-state index is -1.46. The van der Waals surface area contributed by atoms with Gasteiger partial charge in [0.15, 0.2) is 0 Å². The van der Waals surface area contributed by atoms with Gasteiger partial charge in [0.05, 0.1) is 0 Å². The molecule has 0 aliphatic heterocycles. The van der Waals surface area contributed by atoms with Crippen molar-refractivity contribution in [3.8, 4) is 0 Å². The third-order valence-electron chi connectivity index (χ3n) is 1.56. The number of aliphatic carboxylic acids is 1. The predicted octanol–water partition coefficient (Wildman–Crippen LogP) is 1.47. The molecule has 0 fully saturated rings. The summed E-state index contributed by atoms with van der Waals surface area (Å²) in [7, 11) is 0. The van der Waals surface area contributed by atoms with Crippen LogP contribution in [0.5, 0.6) is 0 Å². The SMILES string of the molecule is Cl.N[C@@H](C(=O)O)c1ccc(F)cc1F. The largest absolute Gasteiger partial charge is 0.480 e. The van der Waals surface area contributed by atoms with Crippen molar-refractivity contribution in [3.63, 3.8) is 0 Å². The molecule has 0 aliphatic rings. The third-order valence-corrected chi connectivity index (χ3v) is 1.56. The number of benzene rings is 1. The Morgan fingerprint density at radius 3 is 2.43 bits per heavy atom. The summed E-state index contributed by atoms with van der Waals surface area (Å²) in [6.07, 6.45) is 0. The molecular weight excluding hydrogens is 216 g/mol. The molecule has 0 saturated carbocycles. The first-order valence-electron chi connectivity index (χ1n) is 3.45. The van der Waals surface area contributed by atoms with Crippen LogP contribution in [-0.2, 0) is 4.79 Å². The predicted molar refractivity (Wildman–Crippen MR) is 48.2 cm³/mol. The number of hydrogen-bond donors (Lipinski definition) is 2. The molecule has 0 bridgehead atoms. The third kappa shape index (κ3) is 2.65. The molecule has 0 unspecified atom stereocenters. The summed E-state index contributed by atoms with van der Waals surface area (Å²) in [5.74, 6) is -3.07. The van der Waals surface area contributed by atoms with Crippen molar-refractivity contribution in [2.45, 2.75) is 6.04 Å². The molecule has 14 heavy (non-hydrogen) atoms. The number of carbonyl (C=O) groups is 1. The highest BCUT2D eigenvalue weighted by atomic mass is 35.5. The molecule has 0 radical (unpaired) electrons. The Labute approximate surface area is 84.9 Å². The van der Waals surface area contributed by atoms with Crippen LogP contribution in [0.3, 0.4) is 0 Å². The molecule has 78 valence electrons. The number of carboxylic acid groups (broad SMARTS) is 1. The number of rotatable bonds is 2. The second-order valence-corrected chi connectivity index (χ2v) is 2.48. The molecule has 6 heteroatoms. The van der Waals surface area contributed by atoms with Gasteiger partial charge in [0, 0.05) is 11.6 Å². The second kappa shape index (κ2) is 4.88. The number of hydrogen-bond acceptors (Lipinski definition) is 2. The van der Waals surface area contributed by atoms with E-state index in [-0.39, 0.29) is 18.0 Å². The lowest BCUT2D eigenvalue weighted by molar-refractivity contribution is -0.138. The lowest BCUT2D eigenvalue weighted by Gasteiger charge is -2.07. The first-order valence-corrected chi connectivity index (χ1v) is 3.45. The van der Waals surface area contributed by atoms with E-state index >= 15 is 0 Å². The first-order chi connectivity index (χ1) is 6.02. The lowest BCUT2D eigenvalue weighted by Crippen LogP contribution is -2.21. The fourth-order valence-electron chi connectivity index (χ4n) is 0.887. The van der Waals surface area contributed by atoms with E-state index in [0.29, 0.717) is 6.07 Å². The Kier molecular flexibility index (Phi) is 4.46. The van der Waals surface area contributed by atoms with E-state index in [9.17, 15) is 13.6 Å². The van der Waals surface area contributed by atoms with Gasteiger partial charge in [-0.15, -0.1) is 12.4 Å². The highest BCUT2D eigenvalue weighted by Gasteiger charge is 2.18. The molecule has 1 rings (SSSR count). The number of halogens is 3. The minimum Gasteiger partial charge on any atom is -0.480 e. The summed E-state index contributed by atoms with van der Waals surface area (Å²) >= 11 is 0. The zero-order valence-electron chi connectivity index (χ0n) is 6.91. The Morgan fingerprint density at radius 2 is 2.00 bits per heavy atom. The highest BCUT2D eigenvalue weighted by molar-refractivity contribution is 5.85. The lowest BCUT2D eigenvalue weighted by atomic mass is 10.1. The van der Waals surface area contributed by atoms with Crippen LogP contribution in [0.2, 0.25) is 0 Å². The van der Waals surface area contributed by atoms with Gasteiger partial charge in [-0.2, -0.15) is 0 Å². The maximum atomic E-state index is 12.9. The molecule has 3 nitrogen and oxygen atoms in total. The van der Waals surface area contributed by atoms with Gasteiger partial charge < -0.3 is 10.8 Å². The van der Waals surface area contributed by atoms with Gasteiger partial charge in [-0.25, -0.2) is 8.78 Å². The van der Waals surface area contributed by atoms with Crippen molar-refractivity contribution in [2.24, 2.45) is 5.73 Å². The van der Waals surface area contributed by atoms with E-state index in [2.05, 4.69) is 0 Å². The molecule has 0 amide bonds. The number of nitrogens with two attached hydrogens (primary N) is 1. The van der Waals surface area contributed by atoms with E-state index in [1.165, 1.54) is 0 Å². The van der Waals surface area contributed by atoms with Crippen LogP contribution in [-0.4, -0.2) is 11.1 Å². The number of carboxylic acids is 1. The van der Waals surface area contributed by atoms with Gasteiger partial charge in [-0.05, 0) is 6.07 Å². The van der Waals surface area contributed by atoms with Crippen LogP contribution in [0, 0.1) is 11.6 Å². The molecule has 0 spiro atoms. The molecular formula is C8H8ClF2NO2. The van der Waals surface area contributed by atoms with Crippen molar-refractivity contribution in [2.75, 3.05) is 0 Å².